The summed E-state index contributed by atoms with van der Waals surface area (Å²) >= 11 is 0. The highest BCUT2D eigenvalue weighted by molar-refractivity contribution is 6.21. The molecule has 0 aromatic heterocycles. The first-order chi connectivity index (χ1) is 5.57. The lowest BCUT2D eigenvalue weighted by molar-refractivity contribution is -0.135. The second-order valence-electron chi connectivity index (χ2n) is 2.64. The van der Waals surface area contributed by atoms with E-state index in [0.29, 0.717) is 12.1 Å². The second-order valence-corrected chi connectivity index (χ2v) is 2.64. The van der Waals surface area contributed by atoms with E-state index in [-0.39, 0.29) is 5.91 Å². The third-order valence-electron chi connectivity index (χ3n) is 1.82. The first kappa shape index (κ1) is 8.70. The van der Waals surface area contributed by atoms with Crippen molar-refractivity contribution >= 4 is 17.5 Å². The highest BCUT2D eigenvalue weighted by atomic mass is 16.2. The van der Waals surface area contributed by atoms with Crippen molar-refractivity contribution in [2.24, 2.45) is 16.8 Å². The Hall–Kier alpha value is -1.39. The Morgan fingerprint density at radius 3 is 2.67 bits per heavy atom. The first-order valence-corrected chi connectivity index (χ1v) is 3.72. The van der Waals surface area contributed by atoms with Crippen LogP contribution in [0, 0.1) is 5.92 Å². The molecule has 0 saturated carbocycles. The lowest BCUT2D eigenvalue weighted by Crippen LogP contribution is -2.36. The number of carbonyl (C=O) groups is 2. The number of amides is 2. The third-order valence-corrected chi connectivity index (χ3v) is 1.82. The molecule has 1 unspecified atom stereocenters. The minimum Gasteiger partial charge on any atom is -0.369 e. The number of primary amides is 1. The highest BCUT2D eigenvalue weighted by Gasteiger charge is 2.36. The summed E-state index contributed by atoms with van der Waals surface area (Å²) in [6.45, 7) is 1.83. The maximum Gasteiger partial charge on any atom is 0.260 e. The van der Waals surface area contributed by atoms with E-state index in [1.807, 2.05) is 6.92 Å². The summed E-state index contributed by atoms with van der Waals surface area (Å²) in [5, 5.41) is 5.05. The van der Waals surface area contributed by atoms with E-state index in [9.17, 15) is 9.59 Å². The number of hydrazone groups is 1. The molecule has 12 heavy (non-hydrogen) atoms. The van der Waals surface area contributed by atoms with E-state index in [4.69, 9.17) is 5.73 Å². The summed E-state index contributed by atoms with van der Waals surface area (Å²) in [4.78, 5) is 22.0. The summed E-state index contributed by atoms with van der Waals surface area (Å²) in [5.74, 6) is -1.79. The van der Waals surface area contributed by atoms with Gasteiger partial charge in [0.25, 0.3) is 5.91 Å². The van der Waals surface area contributed by atoms with Gasteiger partial charge >= 0.3 is 0 Å². The molecule has 1 aliphatic heterocycles. The average Bonchev–Trinajstić information content (AvgIpc) is 2.28. The van der Waals surface area contributed by atoms with Crippen LogP contribution in [0.4, 0.5) is 0 Å². The Bertz CT molecular complexity index is 259. The van der Waals surface area contributed by atoms with Crippen LogP contribution in [0.25, 0.3) is 0 Å². The molecule has 5 heteroatoms. The van der Waals surface area contributed by atoms with Crippen molar-refractivity contribution in [1.29, 1.82) is 0 Å². The topological polar surface area (TPSA) is 75.8 Å². The zero-order valence-corrected chi connectivity index (χ0v) is 7.07. The molecule has 0 spiro atoms. The van der Waals surface area contributed by atoms with Gasteiger partial charge in [0.05, 0.1) is 5.71 Å². The molecule has 0 fully saturated rings. The lowest BCUT2D eigenvalue weighted by atomic mass is 10.0. The van der Waals surface area contributed by atoms with Crippen LogP contribution in [-0.4, -0.2) is 29.6 Å². The molecule has 2 N–H and O–H groups in total. The fourth-order valence-electron chi connectivity index (χ4n) is 1.19. The van der Waals surface area contributed by atoms with Crippen LogP contribution in [-0.2, 0) is 9.59 Å². The molecule has 1 rings (SSSR count). The molecular weight excluding hydrogens is 158 g/mol. The SMILES string of the molecule is CCC1=NN(C)C(=O)C1C(N)=O. The molecule has 0 bridgehead atoms. The van der Waals surface area contributed by atoms with Gasteiger partial charge in [-0.05, 0) is 6.42 Å². The molecule has 0 aliphatic carbocycles. The number of nitrogens with zero attached hydrogens (tertiary/aromatic N) is 2. The fraction of sp³-hybridized carbons (Fsp3) is 0.571. The van der Waals surface area contributed by atoms with Gasteiger partial charge in [-0.25, -0.2) is 5.01 Å². The minimum atomic E-state index is -0.833. The predicted octanol–water partition coefficient (Wildman–Crippen LogP) is -0.674. The van der Waals surface area contributed by atoms with Gasteiger partial charge in [-0.1, -0.05) is 6.92 Å². The van der Waals surface area contributed by atoms with Gasteiger partial charge in [-0.2, -0.15) is 5.10 Å². The third kappa shape index (κ3) is 1.17. The van der Waals surface area contributed by atoms with Gasteiger partial charge in [0.2, 0.25) is 5.91 Å². The molecule has 1 heterocycles. The zero-order chi connectivity index (χ0) is 9.30. The molecule has 2 amide bonds. The quantitative estimate of drug-likeness (QED) is 0.556. The largest absolute Gasteiger partial charge is 0.369 e. The summed E-state index contributed by atoms with van der Waals surface area (Å²) in [6, 6.07) is 0. The van der Waals surface area contributed by atoms with E-state index in [2.05, 4.69) is 5.10 Å². The van der Waals surface area contributed by atoms with Crippen molar-refractivity contribution in [2.45, 2.75) is 13.3 Å². The number of carbonyl (C=O) groups excluding carboxylic acids is 2. The summed E-state index contributed by atoms with van der Waals surface area (Å²) < 4.78 is 0. The Labute approximate surface area is 70.2 Å². The van der Waals surface area contributed by atoms with Crippen molar-refractivity contribution in [1.82, 2.24) is 5.01 Å². The molecule has 0 aromatic carbocycles. The molecule has 1 atom stereocenters. The smallest absolute Gasteiger partial charge is 0.260 e. The van der Waals surface area contributed by atoms with Gasteiger partial charge in [-0.15, -0.1) is 0 Å². The molecule has 0 radical (unpaired) electrons. The van der Waals surface area contributed by atoms with Gasteiger partial charge in [-0.3, -0.25) is 9.59 Å². The highest BCUT2D eigenvalue weighted by Crippen LogP contribution is 2.15. The Morgan fingerprint density at radius 2 is 2.33 bits per heavy atom. The maximum absolute atomic E-state index is 11.2. The normalized spacial score (nSPS) is 22.8. The molecular formula is C7H11N3O2. The summed E-state index contributed by atoms with van der Waals surface area (Å²) in [7, 11) is 1.51. The van der Waals surface area contributed by atoms with Crippen molar-refractivity contribution in [3.63, 3.8) is 0 Å². The van der Waals surface area contributed by atoms with E-state index in [0.717, 1.165) is 5.01 Å². The Balaban J connectivity index is 2.93. The monoisotopic (exact) mass is 169 g/mol. The van der Waals surface area contributed by atoms with Crippen LogP contribution < -0.4 is 5.73 Å². The average molecular weight is 169 g/mol. The number of nitrogens with two attached hydrogens (primary N) is 1. The number of hydrogen-bond acceptors (Lipinski definition) is 3. The van der Waals surface area contributed by atoms with Crippen molar-refractivity contribution in [2.75, 3.05) is 7.05 Å². The minimum absolute atomic E-state index is 0.334. The van der Waals surface area contributed by atoms with Gasteiger partial charge in [0.1, 0.15) is 0 Å². The van der Waals surface area contributed by atoms with Crippen LogP contribution in [0.2, 0.25) is 0 Å². The lowest BCUT2D eigenvalue weighted by Gasteiger charge is -2.05. The van der Waals surface area contributed by atoms with Crippen molar-refractivity contribution in [3.05, 3.63) is 0 Å². The van der Waals surface area contributed by atoms with Crippen LogP contribution in [0.5, 0.6) is 0 Å². The van der Waals surface area contributed by atoms with Crippen LogP contribution in [0.3, 0.4) is 0 Å². The van der Waals surface area contributed by atoms with Gasteiger partial charge in [0, 0.05) is 7.05 Å². The van der Waals surface area contributed by atoms with Crippen LogP contribution >= 0.6 is 0 Å². The van der Waals surface area contributed by atoms with E-state index >= 15 is 0 Å². The molecule has 66 valence electrons. The first-order valence-electron chi connectivity index (χ1n) is 3.72. The second kappa shape index (κ2) is 2.92. The molecule has 0 saturated heterocycles. The van der Waals surface area contributed by atoms with Gasteiger partial charge in [0.15, 0.2) is 5.92 Å². The van der Waals surface area contributed by atoms with E-state index in [1.54, 1.807) is 0 Å². The van der Waals surface area contributed by atoms with Crippen molar-refractivity contribution < 1.29 is 9.59 Å². The summed E-state index contributed by atoms with van der Waals surface area (Å²) in [5.41, 5.74) is 5.60. The van der Waals surface area contributed by atoms with E-state index in [1.165, 1.54) is 7.05 Å². The Kier molecular flexibility index (Phi) is 2.12. The molecule has 1 aliphatic rings. The Morgan fingerprint density at radius 1 is 1.75 bits per heavy atom. The fourth-order valence-corrected chi connectivity index (χ4v) is 1.19. The number of rotatable bonds is 2. The van der Waals surface area contributed by atoms with E-state index < -0.39 is 11.8 Å². The number of hydrogen-bond donors (Lipinski definition) is 1. The van der Waals surface area contributed by atoms with Crippen molar-refractivity contribution in [3.8, 4) is 0 Å². The maximum atomic E-state index is 11.2. The predicted molar refractivity (Wildman–Crippen MR) is 43.2 cm³/mol. The van der Waals surface area contributed by atoms with Gasteiger partial charge < -0.3 is 5.73 Å². The standard InChI is InChI=1S/C7H11N3O2/c1-3-4-5(6(8)11)7(12)10(2)9-4/h5H,3H2,1-2H3,(H2,8,11). The summed E-state index contributed by atoms with van der Waals surface area (Å²) in [6.07, 6.45) is 0.573. The van der Waals surface area contributed by atoms with Crippen LogP contribution in [0.1, 0.15) is 13.3 Å². The zero-order valence-electron chi connectivity index (χ0n) is 7.07. The van der Waals surface area contributed by atoms with Crippen LogP contribution in [0.15, 0.2) is 5.10 Å². The molecule has 0 aromatic rings. The molecule has 5 nitrogen and oxygen atoms in total.